The lowest BCUT2D eigenvalue weighted by Crippen LogP contribution is -2.35. The molecule has 0 aliphatic carbocycles. The average molecular weight is 338 g/mol. The number of rotatable bonds is 5. The van der Waals surface area contributed by atoms with Crippen LogP contribution in [0.15, 0.2) is 60.7 Å². The van der Waals surface area contributed by atoms with Crippen LogP contribution in [0.25, 0.3) is 0 Å². The molecular weight excluding hydrogens is 316 g/mol. The number of carbonyl (C=O) groups is 2. The predicted molar refractivity (Wildman–Crippen MR) is 96.6 cm³/mol. The van der Waals surface area contributed by atoms with Crippen molar-refractivity contribution in [3.63, 3.8) is 0 Å². The van der Waals surface area contributed by atoms with E-state index in [1.165, 1.54) is 0 Å². The molecule has 0 radical (unpaired) electrons. The summed E-state index contributed by atoms with van der Waals surface area (Å²) in [6, 6.07) is 18.7. The van der Waals surface area contributed by atoms with Crippen molar-refractivity contribution in [3.8, 4) is 0 Å². The van der Waals surface area contributed by atoms with Crippen molar-refractivity contribution < 1.29 is 14.3 Å². The van der Waals surface area contributed by atoms with Crippen LogP contribution in [0.5, 0.6) is 0 Å². The van der Waals surface area contributed by atoms with Gasteiger partial charge in [-0.15, -0.1) is 0 Å². The van der Waals surface area contributed by atoms with Crippen LogP contribution < -0.4 is 10.2 Å². The quantitative estimate of drug-likeness (QED) is 0.852. The van der Waals surface area contributed by atoms with E-state index in [1.54, 1.807) is 4.90 Å². The zero-order valence-corrected chi connectivity index (χ0v) is 14.1. The highest BCUT2D eigenvalue weighted by atomic mass is 16.5. The monoisotopic (exact) mass is 338 g/mol. The summed E-state index contributed by atoms with van der Waals surface area (Å²) in [5, 5.41) is 3.21. The first-order chi connectivity index (χ1) is 12.3. The van der Waals surface area contributed by atoms with Gasteiger partial charge in [0.15, 0.2) is 6.61 Å². The number of para-hydroxylation sites is 2. The Morgan fingerprint density at radius 2 is 1.44 bits per heavy atom. The van der Waals surface area contributed by atoms with Gasteiger partial charge in [0.1, 0.15) is 0 Å². The number of hydrogen-bond acceptors (Lipinski definition) is 4. The van der Waals surface area contributed by atoms with Crippen molar-refractivity contribution in [2.45, 2.75) is 12.8 Å². The second-order valence-corrected chi connectivity index (χ2v) is 6.03. The van der Waals surface area contributed by atoms with E-state index in [-0.39, 0.29) is 24.4 Å². The summed E-state index contributed by atoms with van der Waals surface area (Å²) >= 11 is 0. The van der Waals surface area contributed by atoms with Crippen molar-refractivity contribution in [3.05, 3.63) is 60.7 Å². The fourth-order valence-electron chi connectivity index (χ4n) is 2.96. The highest BCUT2D eigenvalue weighted by Gasteiger charge is 2.25. The number of esters is 1. The highest BCUT2D eigenvalue weighted by Crippen LogP contribution is 2.25. The van der Waals surface area contributed by atoms with E-state index in [4.69, 9.17) is 4.74 Å². The van der Waals surface area contributed by atoms with E-state index in [2.05, 4.69) is 5.32 Å². The summed E-state index contributed by atoms with van der Waals surface area (Å²) in [5.74, 6) is -0.661. The summed E-state index contributed by atoms with van der Waals surface area (Å²) < 4.78 is 5.31. The second-order valence-electron chi connectivity index (χ2n) is 6.03. The Bertz CT molecular complexity index is 658. The standard InChI is InChI=1S/C20H22N2O3/c23-19(15-25-20(24)16-11-13-21-14-12-16)22(17-7-3-1-4-8-17)18-9-5-2-6-10-18/h1-10,16,21H,11-15H2. The molecule has 1 fully saturated rings. The molecule has 0 atom stereocenters. The van der Waals surface area contributed by atoms with Crippen LogP contribution in [-0.2, 0) is 14.3 Å². The lowest BCUT2D eigenvalue weighted by molar-refractivity contribution is -0.152. The van der Waals surface area contributed by atoms with E-state index in [0.717, 1.165) is 37.3 Å². The smallest absolute Gasteiger partial charge is 0.309 e. The molecule has 130 valence electrons. The molecule has 1 saturated heterocycles. The molecule has 25 heavy (non-hydrogen) atoms. The van der Waals surface area contributed by atoms with Crippen molar-refractivity contribution in [1.82, 2.24) is 5.32 Å². The van der Waals surface area contributed by atoms with Crippen molar-refractivity contribution in [2.75, 3.05) is 24.6 Å². The van der Waals surface area contributed by atoms with Gasteiger partial charge in [0.2, 0.25) is 0 Å². The molecule has 0 spiro atoms. The van der Waals surface area contributed by atoms with Crippen LogP contribution in [0.1, 0.15) is 12.8 Å². The summed E-state index contributed by atoms with van der Waals surface area (Å²) in [7, 11) is 0. The summed E-state index contributed by atoms with van der Waals surface area (Å²) in [6.45, 7) is 1.37. The molecule has 3 rings (SSSR count). The highest BCUT2D eigenvalue weighted by molar-refractivity contribution is 6.01. The number of anilines is 2. The third-order valence-corrected chi connectivity index (χ3v) is 4.29. The number of piperidine rings is 1. The molecule has 0 aromatic heterocycles. The molecule has 5 heteroatoms. The molecule has 1 aliphatic rings. The lowest BCUT2D eigenvalue weighted by Gasteiger charge is -2.24. The van der Waals surface area contributed by atoms with E-state index in [9.17, 15) is 9.59 Å². The second kappa shape index (κ2) is 8.44. The van der Waals surface area contributed by atoms with Gasteiger partial charge >= 0.3 is 5.97 Å². The van der Waals surface area contributed by atoms with E-state index in [0.29, 0.717) is 0 Å². The van der Waals surface area contributed by atoms with E-state index < -0.39 is 0 Å². The van der Waals surface area contributed by atoms with E-state index in [1.807, 2.05) is 60.7 Å². The fourth-order valence-corrected chi connectivity index (χ4v) is 2.96. The number of benzene rings is 2. The van der Waals surface area contributed by atoms with Gasteiger partial charge in [-0.3, -0.25) is 14.5 Å². The molecule has 0 saturated carbocycles. The number of ether oxygens (including phenoxy) is 1. The lowest BCUT2D eigenvalue weighted by atomic mass is 9.99. The Kier molecular flexibility index (Phi) is 5.80. The molecular formula is C20H22N2O3. The van der Waals surface area contributed by atoms with Gasteiger partial charge in [0.05, 0.1) is 5.92 Å². The minimum atomic E-state index is -0.282. The number of hydrogen-bond donors (Lipinski definition) is 1. The average Bonchev–Trinajstić information content (AvgIpc) is 2.69. The van der Waals surface area contributed by atoms with Crippen molar-refractivity contribution in [2.24, 2.45) is 5.92 Å². The predicted octanol–water partition coefficient (Wildman–Crippen LogP) is 2.89. The van der Waals surface area contributed by atoms with Gasteiger partial charge in [-0.1, -0.05) is 36.4 Å². The number of amides is 1. The fraction of sp³-hybridized carbons (Fsp3) is 0.300. The normalized spacial score (nSPS) is 14.7. The Labute approximate surface area is 147 Å². The summed E-state index contributed by atoms with van der Waals surface area (Å²) in [6.07, 6.45) is 1.52. The first-order valence-corrected chi connectivity index (χ1v) is 8.56. The molecule has 1 heterocycles. The van der Waals surface area contributed by atoms with Gasteiger partial charge in [0.25, 0.3) is 5.91 Å². The molecule has 1 N–H and O–H groups in total. The van der Waals surface area contributed by atoms with Crippen LogP contribution in [0.2, 0.25) is 0 Å². The largest absolute Gasteiger partial charge is 0.455 e. The van der Waals surface area contributed by atoms with Crippen LogP contribution in [0, 0.1) is 5.92 Å². The molecule has 5 nitrogen and oxygen atoms in total. The molecule has 0 unspecified atom stereocenters. The molecule has 0 bridgehead atoms. The molecule has 2 aromatic rings. The summed E-state index contributed by atoms with van der Waals surface area (Å²) in [4.78, 5) is 26.5. The zero-order chi connectivity index (χ0) is 17.5. The van der Waals surface area contributed by atoms with Crippen LogP contribution in [0.3, 0.4) is 0 Å². The number of nitrogens with one attached hydrogen (secondary N) is 1. The third-order valence-electron chi connectivity index (χ3n) is 4.29. The summed E-state index contributed by atoms with van der Waals surface area (Å²) in [5.41, 5.74) is 1.49. The Morgan fingerprint density at radius 3 is 1.96 bits per heavy atom. The van der Waals surface area contributed by atoms with Crippen molar-refractivity contribution in [1.29, 1.82) is 0 Å². The molecule has 2 aromatic carbocycles. The zero-order valence-electron chi connectivity index (χ0n) is 14.1. The first kappa shape index (κ1) is 17.2. The minimum Gasteiger partial charge on any atom is -0.455 e. The minimum absolute atomic E-state index is 0.115. The van der Waals surface area contributed by atoms with Gasteiger partial charge < -0.3 is 10.1 Å². The van der Waals surface area contributed by atoms with Gasteiger partial charge in [-0.2, -0.15) is 0 Å². The number of nitrogens with zero attached hydrogens (tertiary/aromatic N) is 1. The van der Waals surface area contributed by atoms with Crippen LogP contribution in [0.4, 0.5) is 11.4 Å². The Balaban J connectivity index is 1.70. The number of carbonyl (C=O) groups excluding carboxylic acids is 2. The van der Waals surface area contributed by atoms with Gasteiger partial charge in [0, 0.05) is 11.4 Å². The van der Waals surface area contributed by atoms with E-state index >= 15 is 0 Å². The first-order valence-electron chi connectivity index (χ1n) is 8.56. The van der Waals surface area contributed by atoms with Gasteiger partial charge in [-0.05, 0) is 50.2 Å². The molecule has 1 aliphatic heterocycles. The Hall–Kier alpha value is -2.66. The van der Waals surface area contributed by atoms with Crippen LogP contribution >= 0.6 is 0 Å². The Morgan fingerprint density at radius 1 is 0.920 bits per heavy atom. The van der Waals surface area contributed by atoms with Gasteiger partial charge in [-0.25, -0.2) is 0 Å². The van der Waals surface area contributed by atoms with Crippen LogP contribution in [-0.4, -0.2) is 31.6 Å². The maximum Gasteiger partial charge on any atom is 0.309 e. The topological polar surface area (TPSA) is 58.6 Å². The SMILES string of the molecule is O=C(OCC(=O)N(c1ccccc1)c1ccccc1)C1CCNCC1. The maximum atomic E-state index is 12.8. The third kappa shape index (κ3) is 4.45. The molecule has 1 amide bonds. The maximum absolute atomic E-state index is 12.8. The van der Waals surface area contributed by atoms with Crippen molar-refractivity contribution >= 4 is 23.3 Å².